The number of carbonyl (C=O) groups is 1. The highest BCUT2D eigenvalue weighted by Gasteiger charge is 2.12. The van der Waals surface area contributed by atoms with Crippen LogP contribution in [0.4, 0.5) is 11.4 Å². The number of anilines is 2. The Morgan fingerprint density at radius 2 is 2.18 bits per heavy atom. The lowest BCUT2D eigenvalue weighted by Crippen LogP contribution is -2.15. The van der Waals surface area contributed by atoms with Crippen LogP contribution in [0, 0.1) is 0 Å². The molecule has 0 bridgehead atoms. The Labute approximate surface area is 106 Å². The van der Waals surface area contributed by atoms with E-state index >= 15 is 0 Å². The van der Waals surface area contributed by atoms with E-state index in [1.54, 1.807) is 30.6 Å². The molecule has 0 saturated heterocycles. The lowest BCUT2D eigenvalue weighted by atomic mass is 10.3. The molecule has 0 aliphatic carbocycles. The quantitative estimate of drug-likeness (QED) is 0.888. The van der Waals surface area contributed by atoms with E-state index < -0.39 is 0 Å². The number of hydrogen-bond acceptors (Lipinski definition) is 4. The van der Waals surface area contributed by atoms with Crippen LogP contribution in [0.25, 0.3) is 0 Å². The standard InChI is InChI=1S/C11H9BrN4O/c12-7-2-1-4-15-10(7)11(17)16-9-3-5-14-6-8(9)13/h1-6H,13H2,(H,14,16,17). The van der Waals surface area contributed by atoms with Gasteiger partial charge in [0.1, 0.15) is 5.69 Å². The van der Waals surface area contributed by atoms with Crippen molar-refractivity contribution in [2.75, 3.05) is 11.1 Å². The topological polar surface area (TPSA) is 80.9 Å². The van der Waals surface area contributed by atoms with Gasteiger partial charge >= 0.3 is 0 Å². The van der Waals surface area contributed by atoms with Crippen LogP contribution in [0.1, 0.15) is 10.5 Å². The smallest absolute Gasteiger partial charge is 0.275 e. The summed E-state index contributed by atoms with van der Waals surface area (Å²) in [5, 5.41) is 2.67. The van der Waals surface area contributed by atoms with E-state index in [-0.39, 0.29) is 5.91 Å². The zero-order valence-corrected chi connectivity index (χ0v) is 10.3. The van der Waals surface area contributed by atoms with E-state index in [4.69, 9.17) is 5.73 Å². The van der Waals surface area contributed by atoms with Gasteiger partial charge in [-0.25, -0.2) is 4.98 Å². The Morgan fingerprint density at radius 3 is 2.88 bits per heavy atom. The predicted octanol–water partition coefficient (Wildman–Crippen LogP) is 2.07. The van der Waals surface area contributed by atoms with E-state index in [1.807, 2.05) is 0 Å². The summed E-state index contributed by atoms with van der Waals surface area (Å²) in [5.41, 5.74) is 6.91. The molecule has 1 amide bonds. The van der Waals surface area contributed by atoms with Crippen LogP contribution >= 0.6 is 15.9 Å². The average Bonchev–Trinajstić information content (AvgIpc) is 2.32. The number of rotatable bonds is 2. The molecule has 3 N–H and O–H groups in total. The third-order valence-corrected chi connectivity index (χ3v) is 2.71. The minimum absolute atomic E-state index is 0.309. The number of nitrogens with one attached hydrogen (secondary N) is 1. The maximum atomic E-state index is 11.9. The highest BCUT2D eigenvalue weighted by molar-refractivity contribution is 9.10. The molecule has 17 heavy (non-hydrogen) atoms. The number of pyridine rings is 2. The van der Waals surface area contributed by atoms with Crippen LogP contribution in [0.15, 0.2) is 41.3 Å². The van der Waals surface area contributed by atoms with Gasteiger partial charge in [0.15, 0.2) is 0 Å². The van der Waals surface area contributed by atoms with Crippen molar-refractivity contribution in [3.63, 3.8) is 0 Å². The molecule has 0 saturated carbocycles. The molecule has 0 aromatic carbocycles. The van der Waals surface area contributed by atoms with E-state index in [9.17, 15) is 4.79 Å². The second-order valence-electron chi connectivity index (χ2n) is 3.25. The summed E-state index contributed by atoms with van der Waals surface area (Å²) in [6.45, 7) is 0. The van der Waals surface area contributed by atoms with Gasteiger partial charge < -0.3 is 11.1 Å². The summed E-state index contributed by atoms with van der Waals surface area (Å²) in [5.74, 6) is -0.324. The summed E-state index contributed by atoms with van der Waals surface area (Å²) >= 11 is 3.26. The maximum absolute atomic E-state index is 11.9. The molecule has 2 heterocycles. The molecular weight excluding hydrogens is 284 g/mol. The Kier molecular flexibility index (Phi) is 3.34. The zero-order valence-electron chi connectivity index (χ0n) is 8.72. The Hall–Kier alpha value is -1.95. The number of nitrogens with zero attached hydrogens (tertiary/aromatic N) is 2. The van der Waals surface area contributed by atoms with Crippen molar-refractivity contribution in [1.29, 1.82) is 0 Å². The van der Waals surface area contributed by atoms with Crippen molar-refractivity contribution in [2.45, 2.75) is 0 Å². The lowest BCUT2D eigenvalue weighted by molar-refractivity contribution is 0.102. The number of nitrogen functional groups attached to an aromatic ring is 1. The monoisotopic (exact) mass is 292 g/mol. The molecule has 0 fully saturated rings. The first kappa shape index (κ1) is 11.5. The Balaban J connectivity index is 2.24. The van der Waals surface area contributed by atoms with Gasteiger partial charge in [-0.3, -0.25) is 9.78 Å². The van der Waals surface area contributed by atoms with Crippen molar-refractivity contribution in [1.82, 2.24) is 9.97 Å². The minimum Gasteiger partial charge on any atom is -0.396 e. The third-order valence-electron chi connectivity index (χ3n) is 2.07. The molecule has 6 heteroatoms. The van der Waals surface area contributed by atoms with Crippen molar-refractivity contribution in [2.24, 2.45) is 0 Å². The fourth-order valence-electron chi connectivity index (χ4n) is 1.25. The number of aromatic nitrogens is 2. The third kappa shape index (κ3) is 2.59. The van der Waals surface area contributed by atoms with Crippen molar-refractivity contribution in [3.05, 3.63) is 47.0 Å². The molecule has 0 unspecified atom stereocenters. The zero-order chi connectivity index (χ0) is 12.3. The Morgan fingerprint density at radius 1 is 1.35 bits per heavy atom. The molecule has 0 atom stereocenters. The summed E-state index contributed by atoms with van der Waals surface area (Å²) in [4.78, 5) is 19.7. The van der Waals surface area contributed by atoms with E-state index in [0.29, 0.717) is 21.5 Å². The van der Waals surface area contributed by atoms with Gasteiger partial charge in [0.25, 0.3) is 5.91 Å². The molecule has 0 spiro atoms. The molecular formula is C11H9BrN4O. The van der Waals surface area contributed by atoms with Crippen LogP contribution in [0.5, 0.6) is 0 Å². The highest BCUT2D eigenvalue weighted by atomic mass is 79.9. The predicted molar refractivity (Wildman–Crippen MR) is 68.5 cm³/mol. The summed E-state index contributed by atoms with van der Waals surface area (Å²) < 4.78 is 0.630. The van der Waals surface area contributed by atoms with Crippen molar-refractivity contribution >= 4 is 33.2 Å². The lowest BCUT2D eigenvalue weighted by Gasteiger charge is -2.07. The number of hydrogen-bond donors (Lipinski definition) is 2. The van der Waals surface area contributed by atoms with Crippen molar-refractivity contribution in [3.8, 4) is 0 Å². The molecule has 5 nitrogen and oxygen atoms in total. The summed E-state index contributed by atoms with van der Waals surface area (Å²) in [6, 6.07) is 5.11. The Bertz CT molecular complexity index is 559. The first-order valence-corrected chi connectivity index (χ1v) is 5.59. The normalized spacial score (nSPS) is 9.94. The first-order valence-electron chi connectivity index (χ1n) is 4.80. The van der Waals surface area contributed by atoms with Crippen LogP contribution in [-0.4, -0.2) is 15.9 Å². The first-order chi connectivity index (χ1) is 8.18. The van der Waals surface area contributed by atoms with Gasteiger partial charge in [-0.05, 0) is 34.1 Å². The van der Waals surface area contributed by atoms with E-state index in [2.05, 4.69) is 31.2 Å². The fraction of sp³-hybridized carbons (Fsp3) is 0. The maximum Gasteiger partial charge on any atom is 0.275 e. The SMILES string of the molecule is Nc1cnccc1NC(=O)c1ncccc1Br. The fourth-order valence-corrected chi connectivity index (χ4v) is 1.69. The van der Waals surface area contributed by atoms with Crippen LogP contribution in [-0.2, 0) is 0 Å². The molecule has 0 radical (unpaired) electrons. The van der Waals surface area contributed by atoms with E-state index in [1.165, 1.54) is 6.20 Å². The second-order valence-corrected chi connectivity index (χ2v) is 4.11. The van der Waals surface area contributed by atoms with Gasteiger partial charge in [0.2, 0.25) is 0 Å². The largest absolute Gasteiger partial charge is 0.396 e. The number of amides is 1. The molecule has 2 aromatic rings. The molecule has 2 rings (SSSR count). The molecule has 0 aliphatic heterocycles. The molecule has 0 aliphatic rings. The minimum atomic E-state index is -0.324. The van der Waals surface area contributed by atoms with Gasteiger partial charge in [-0.1, -0.05) is 0 Å². The van der Waals surface area contributed by atoms with Gasteiger partial charge in [-0.2, -0.15) is 0 Å². The van der Waals surface area contributed by atoms with Gasteiger partial charge in [-0.15, -0.1) is 0 Å². The van der Waals surface area contributed by atoms with Crippen LogP contribution in [0.2, 0.25) is 0 Å². The van der Waals surface area contributed by atoms with Crippen molar-refractivity contribution < 1.29 is 4.79 Å². The van der Waals surface area contributed by atoms with E-state index in [0.717, 1.165) is 0 Å². The number of carbonyl (C=O) groups excluding carboxylic acids is 1. The van der Waals surface area contributed by atoms with Gasteiger partial charge in [0.05, 0.1) is 17.6 Å². The summed E-state index contributed by atoms with van der Waals surface area (Å²) in [7, 11) is 0. The average molecular weight is 293 g/mol. The number of nitrogens with two attached hydrogens (primary N) is 1. The number of halogens is 1. The van der Waals surface area contributed by atoms with Crippen LogP contribution < -0.4 is 11.1 Å². The second kappa shape index (κ2) is 4.92. The molecule has 2 aromatic heterocycles. The molecule has 86 valence electrons. The van der Waals surface area contributed by atoms with Crippen LogP contribution in [0.3, 0.4) is 0 Å². The highest BCUT2D eigenvalue weighted by Crippen LogP contribution is 2.18. The van der Waals surface area contributed by atoms with Gasteiger partial charge in [0, 0.05) is 16.9 Å². The summed E-state index contributed by atoms with van der Waals surface area (Å²) in [6.07, 6.45) is 4.58.